The highest BCUT2D eigenvalue weighted by atomic mass is 16.5. The van der Waals surface area contributed by atoms with E-state index >= 15 is 0 Å². The first-order valence-electron chi connectivity index (χ1n) is 20.2. The van der Waals surface area contributed by atoms with Crippen molar-refractivity contribution in [2.24, 2.45) is 0 Å². The summed E-state index contributed by atoms with van der Waals surface area (Å²) < 4.78 is 12.2. The molecule has 1 aromatic carbocycles. The van der Waals surface area contributed by atoms with Gasteiger partial charge in [0.1, 0.15) is 11.5 Å². The molecule has 0 aliphatic carbocycles. The van der Waals surface area contributed by atoms with Crippen molar-refractivity contribution in [3.8, 4) is 11.5 Å². The third-order valence-electron chi connectivity index (χ3n) is 9.04. The number of rotatable bonds is 34. The van der Waals surface area contributed by atoms with Gasteiger partial charge in [-0.1, -0.05) is 147 Å². The topological polar surface area (TPSA) is 38.7 Å². The van der Waals surface area contributed by atoms with Crippen LogP contribution in [0.4, 0.5) is 0 Å². The molecule has 1 N–H and O–H groups in total. The van der Waals surface area contributed by atoms with Crippen LogP contribution in [0.3, 0.4) is 0 Å². The Hall–Kier alpha value is -2.00. The van der Waals surface area contributed by atoms with Crippen LogP contribution < -0.4 is 9.47 Å². The summed E-state index contributed by atoms with van der Waals surface area (Å²) in [7, 11) is 0. The van der Waals surface area contributed by atoms with Crippen molar-refractivity contribution in [1.82, 2.24) is 0 Å². The molecule has 1 aromatic rings. The van der Waals surface area contributed by atoms with E-state index in [2.05, 4.69) is 57.2 Å². The van der Waals surface area contributed by atoms with E-state index in [0.29, 0.717) is 6.61 Å². The van der Waals surface area contributed by atoms with Crippen LogP contribution in [0.2, 0.25) is 0 Å². The van der Waals surface area contributed by atoms with E-state index in [1.54, 1.807) is 0 Å². The predicted octanol–water partition coefficient (Wildman–Crippen LogP) is 14.1. The molecule has 0 fully saturated rings. The second-order valence-electron chi connectivity index (χ2n) is 13.6. The minimum Gasteiger partial charge on any atom is -0.493 e. The Kier molecular flexibility index (Phi) is 31.0. The lowest BCUT2D eigenvalue weighted by atomic mass is 10.1. The Bertz CT molecular complexity index is 900. The predicted molar refractivity (Wildman–Crippen MR) is 207 cm³/mol. The van der Waals surface area contributed by atoms with Crippen molar-refractivity contribution < 1.29 is 14.6 Å². The standard InChI is InChI=1S/C44H76O3/c1-4-6-8-10-12-14-16-18-20-22-24-26-28-30-32-34-36-46-43-39-42(40-45)44(38-41(43)3)47-37-35-33-31-29-27-25-23-21-19-17-15-13-11-9-7-5-2/h12-15,18,20,38-39,45H,4-11,16-17,19,21-37,40H2,1-3H3/b14-12-,15-13-,20-18-. The fraction of sp³-hybridized carbons (Fsp3) is 0.727. The molecule has 3 nitrogen and oxygen atoms in total. The fourth-order valence-electron chi connectivity index (χ4n) is 5.92. The van der Waals surface area contributed by atoms with Crippen molar-refractivity contribution in [3.05, 3.63) is 59.7 Å². The van der Waals surface area contributed by atoms with Crippen molar-refractivity contribution in [1.29, 1.82) is 0 Å². The SMILES string of the molecule is CCCCC/C=C\C/C=C\CCCCCCCCOc1cc(CO)c(OCCCCCCCCCCC/C=C\CCCCC)cc1C. The molecule has 47 heavy (non-hydrogen) atoms. The molecule has 0 atom stereocenters. The summed E-state index contributed by atoms with van der Waals surface area (Å²) in [4.78, 5) is 0. The Morgan fingerprint density at radius 3 is 1.30 bits per heavy atom. The first kappa shape index (κ1) is 43.0. The Morgan fingerprint density at radius 2 is 0.851 bits per heavy atom. The lowest BCUT2D eigenvalue weighted by Gasteiger charge is -2.15. The maximum absolute atomic E-state index is 9.95. The van der Waals surface area contributed by atoms with E-state index in [9.17, 15) is 5.11 Å². The lowest BCUT2D eigenvalue weighted by molar-refractivity contribution is 0.256. The van der Waals surface area contributed by atoms with Gasteiger partial charge >= 0.3 is 0 Å². The van der Waals surface area contributed by atoms with Crippen molar-refractivity contribution in [2.75, 3.05) is 13.2 Å². The number of hydrogen-bond donors (Lipinski definition) is 1. The normalized spacial score (nSPS) is 11.9. The van der Waals surface area contributed by atoms with Crippen LogP contribution in [0.1, 0.15) is 192 Å². The molecular formula is C44H76O3. The van der Waals surface area contributed by atoms with Gasteiger partial charge in [0, 0.05) is 5.56 Å². The van der Waals surface area contributed by atoms with Crippen LogP contribution in [0.25, 0.3) is 0 Å². The minimum atomic E-state index is -0.0217. The molecule has 0 radical (unpaired) electrons. The molecule has 0 amide bonds. The zero-order chi connectivity index (χ0) is 33.9. The second-order valence-corrected chi connectivity index (χ2v) is 13.6. The Morgan fingerprint density at radius 1 is 0.468 bits per heavy atom. The van der Waals surface area contributed by atoms with Gasteiger partial charge in [0.25, 0.3) is 0 Å². The van der Waals surface area contributed by atoms with Gasteiger partial charge in [-0.25, -0.2) is 0 Å². The molecule has 0 spiro atoms. The van der Waals surface area contributed by atoms with Crippen LogP contribution >= 0.6 is 0 Å². The Labute approximate surface area is 292 Å². The minimum absolute atomic E-state index is 0.0217. The average Bonchev–Trinajstić information content (AvgIpc) is 3.08. The molecule has 1 rings (SSSR count). The van der Waals surface area contributed by atoms with Crippen LogP contribution in [0, 0.1) is 6.92 Å². The maximum atomic E-state index is 9.95. The largest absolute Gasteiger partial charge is 0.493 e. The van der Waals surface area contributed by atoms with Gasteiger partial charge < -0.3 is 14.6 Å². The average molecular weight is 653 g/mol. The molecule has 0 saturated heterocycles. The van der Waals surface area contributed by atoms with E-state index in [1.165, 1.54) is 148 Å². The molecule has 3 heteroatoms. The van der Waals surface area contributed by atoms with Crippen LogP contribution in [-0.2, 0) is 6.61 Å². The van der Waals surface area contributed by atoms with Gasteiger partial charge in [0.2, 0.25) is 0 Å². The highest BCUT2D eigenvalue weighted by molar-refractivity contribution is 5.45. The van der Waals surface area contributed by atoms with Gasteiger partial charge in [0.05, 0.1) is 19.8 Å². The number of aliphatic hydroxyl groups excluding tert-OH is 1. The third-order valence-corrected chi connectivity index (χ3v) is 9.04. The van der Waals surface area contributed by atoms with E-state index in [4.69, 9.17) is 9.47 Å². The number of benzene rings is 1. The van der Waals surface area contributed by atoms with Gasteiger partial charge in [-0.3, -0.25) is 0 Å². The first-order chi connectivity index (χ1) is 23.2. The molecular weight excluding hydrogens is 576 g/mol. The molecule has 0 bridgehead atoms. The zero-order valence-electron chi connectivity index (χ0n) is 31.4. The van der Waals surface area contributed by atoms with Gasteiger partial charge in [-0.15, -0.1) is 0 Å². The molecule has 270 valence electrons. The summed E-state index contributed by atoms with van der Waals surface area (Å²) >= 11 is 0. The number of ether oxygens (including phenoxy) is 2. The fourth-order valence-corrected chi connectivity index (χ4v) is 5.92. The second kappa shape index (κ2) is 33.9. The lowest BCUT2D eigenvalue weighted by Crippen LogP contribution is -2.04. The summed E-state index contributed by atoms with van der Waals surface area (Å²) in [6.45, 7) is 8.03. The third kappa shape index (κ3) is 26.6. The number of unbranched alkanes of at least 4 members (excludes halogenated alkanes) is 21. The summed E-state index contributed by atoms with van der Waals surface area (Å²) in [5.74, 6) is 1.68. The Balaban J connectivity index is 2.04. The van der Waals surface area contributed by atoms with Gasteiger partial charge in [-0.2, -0.15) is 0 Å². The van der Waals surface area contributed by atoms with Crippen molar-refractivity contribution in [3.63, 3.8) is 0 Å². The van der Waals surface area contributed by atoms with E-state index < -0.39 is 0 Å². The van der Waals surface area contributed by atoms with Crippen LogP contribution in [-0.4, -0.2) is 18.3 Å². The molecule has 0 saturated carbocycles. The monoisotopic (exact) mass is 653 g/mol. The van der Waals surface area contributed by atoms with E-state index in [1.807, 2.05) is 12.1 Å². The van der Waals surface area contributed by atoms with Crippen LogP contribution in [0.5, 0.6) is 11.5 Å². The van der Waals surface area contributed by atoms with E-state index in [-0.39, 0.29) is 6.61 Å². The smallest absolute Gasteiger partial charge is 0.125 e. The summed E-state index contributed by atoms with van der Waals surface area (Å²) in [5, 5.41) is 9.95. The van der Waals surface area contributed by atoms with Gasteiger partial charge in [-0.05, 0) is 95.2 Å². The summed E-state index contributed by atoms with van der Waals surface area (Å²) in [6, 6.07) is 4.02. The summed E-state index contributed by atoms with van der Waals surface area (Å²) in [6.07, 6.45) is 47.4. The van der Waals surface area contributed by atoms with Gasteiger partial charge in [0.15, 0.2) is 0 Å². The highest BCUT2D eigenvalue weighted by Crippen LogP contribution is 2.29. The first-order valence-corrected chi connectivity index (χ1v) is 20.2. The number of allylic oxidation sites excluding steroid dienone is 6. The summed E-state index contributed by atoms with van der Waals surface area (Å²) in [5.41, 5.74) is 1.91. The van der Waals surface area contributed by atoms with Crippen LogP contribution in [0.15, 0.2) is 48.6 Å². The maximum Gasteiger partial charge on any atom is 0.125 e. The zero-order valence-corrected chi connectivity index (χ0v) is 31.4. The quantitative estimate of drug-likeness (QED) is 0.0595. The highest BCUT2D eigenvalue weighted by Gasteiger charge is 2.09. The number of aryl methyl sites for hydroxylation is 1. The molecule has 0 aliphatic heterocycles. The van der Waals surface area contributed by atoms with Crippen molar-refractivity contribution in [2.45, 2.75) is 194 Å². The number of hydrogen-bond acceptors (Lipinski definition) is 3. The van der Waals surface area contributed by atoms with E-state index in [0.717, 1.165) is 48.5 Å². The molecule has 0 unspecified atom stereocenters. The molecule has 0 aromatic heterocycles. The molecule has 0 aliphatic rings. The van der Waals surface area contributed by atoms with Crippen molar-refractivity contribution >= 4 is 0 Å². The molecule has 0 heterocycles. The number of aliphatic hydroxyl groups is 1.